The molecule has 1 fully saturated rings. The monoisotopic (exact) mass is 429 g/mol. The number of carbonyl (C=O) groups is 1. The van der Waals surface area contributed by atoms with E-state index in [1.165, 1.54) is 10.6 Å². The van der Waals surface area contributed by atoms with Gasteiger partial charge >= 0.3 is 0 Å². The van der Waals surface area contributed by atoms with Gasteiger partial charge in [0.05, 0.1) is 17.6 Å². The third-order valence-corrected chi connectivity index (χ3v) is 7.42. The van der Waals surface area contributed by atoms with Crippen LogP contribution in [0.5, 0.6) is 0 Å². The summed E-state index contributed by atoms with van der Waals surface area (Å²) in [7, 11) is -3.35. The maximum absolute atomic E-state index is 13.2. The number of para-hydroxylation sites is 1. The molecule has 2 aromatic rings. The fraction of sp³-hybridized carbons (Fsp3) is 0.333. The van der Waals surface area contributed by atoms with Gasteiger partial charge in [0.25, 0.3) is 5.91 Å². The van der Waals surface area contributed by atoms with Crippen LogP contribution in [0.2, 0.25) is 0 Å². The first kappa shape index (κ1) is 20.0. The van der Waals surface area contributed by atoms with Crippen molar-refractivity contribution in [2.45, 2.75) is 26.3 Å². The second kappa shape index (κ2) is 7.50. The van der Waals surface area contributed by atoms with Crippen LogP contribution in [0.25, 0.3) is 0 Å². The normalized spacial score (nSPS) is 20.4. The Bertz CT molecular complexity index is 1110. The summed E-state index contributed by atoms with van der Waals surface area (Å²) in [5.74, 6) is 0.705. The summed E-state index contributed by atoms with van der Waals surface area (Å²) in [5.41, 5.74) is 4.04. The lowest BCUT2D eigenvalue weighted by atomic mass is 10.1. The van der Waals surface area contributed by atoms with E-state index in [1.54, 1.807) is 28.8 Å². The predicted molar refractivity (Wildman–Crippen MR) is 119 cm³/mol. The lowest BCUT2D eigenvalue weighted by molar-refractivity contribution is 0.0859. The van der Waals surface area contributed by atoms with Gasteiger partial charge in [-0.3, -0.25) is 14.0 Å². The van der Waals surface area contributed by atoms with Gasteiger partial charge in [0.15, 0.2) is 5.17 Å². The topological polar surface area (TPSA) is 70.1 Å². The van der Waals surface area contributed by atoms with Gasteiger partial charge in [0.2, 0.25) is 10.0 Å². The molecule has 0 aromatic heterocycles. The zero-order valence-corrected chi connectivity index (χ0v) is 18.3. The molecule has 1 unspecified atom stereocenters. The molecule has 2 aliphatic heterocycles. The Hall–Kier alpha value is -2.32. The first-order chi connectivity index (χ1) is 13.8. The van der Waals surface area contributed by atoms with Crippen molar-refractivity contribution in [3.05, 3.63) is 59.2 Å². The van der Waals surface area contributed by atoms with E-state index in [0.29, 0.717) is 29.4 Å². The van der Waals surface area contributed by atoms with Gasteiger partial charge in [-0.15, -0.1) is 0 Å². The Morgan fingerprint density at radius 1 is 1.21 bits per heavy atom. The number of amidine groups is 1. The largest absolute Gasteiger partial charge is 0.286 e. The quantitative estimate of drug-likeness (QED) is 0.748. The van der Waals surface area contributed by atoms with E-state index in [4.69, 9.17) is 4.99 Å². The molecule has 1 amide bonds. The van der Waals surface area contributed by atoms with Gasteiger partial charge in [-0.1, -0.05) is 30.0 Å². The number of amides is 1. The van der Waals surface area contributed by atoms with Crippen molar-refractivity contribution in [3.63, 3.8) is 0 Å². The van der Waals surface area contributed by atoms with Crippen LogP contribution in [-0.2, 0) is 16.4 Å². The van der Waals surface area contributed by atoms with Crippen LogP contribution in [0.4, 0.5) is 11.4 Å². The van der Waals surface area contributed by atoms with Crippen molar-refractivity contribution in [2.24, 2.45) is 4.99 Å². The minimum atomic E-state index is -3.35. The molecule has 6 nitrogen and oxygen atoms in total. The molecule has 0 aliphatic carbocycles. The van der Waals surface area contributed by atoms with Gasteiger partial charge < -0.3 is 0 Å². The van der Waals surface area contributed by atoms with Crippen LogP contribution in [-0.4, -0.2) is 49.0 Å². The first-order valence-corrected chi connectivity index (χ1v) is 12.3. The number of benzene rings is 2. The fourth-order valence-electron chi connectivity index (χ4n) is 3.87. The Morgan fingerprint density at radius 2 is 1.97 bits per heavy atom. The van der Waals surface area contributed by atoms with Crippen LogP contribution >= 0.6 is 11.8 Å². The van der Waals surface area contributed by atoms with Crippen LogP contribution < -0.4 is 4.31 Å². The van der Waals surface area contributed by atoms with Gasteiger partial charge in [-0.05, 0) is 55.7 Å². The number of hydrogen-bond acceptors (Lipinski definition) is 5. The van der Waals surface area contributed by atoms with E-state index in [1.807, 2.05) is 44.2 Å². The summed E-state index contributed by atoms with van der Waals surface area (Å²) in [6.45, 7) is 4.49. The summed E-state index contributed by atoms with van der Waals surface area (Å²) in [5, 5.41) is 0.705. The summed E-state index contributed by atoms with van der Waals surface area (Å²) >= 11 is 1.57. The van der Waals surface area contributed by atoms with E-state index in [-0.39, 0.29) is 11.9 Å². The van der Waals surface area contributed by atoms with Crippen molar-refractivity contribution in [1.29, 1.82) is 0 Å². The Balaban J connectivity index is 1.64. The molecule has 2 heterocycles. The average molecular weight is 430 g/mol. The lowest BCUT2D eigenvalue weighted by Gasteiger charge is -2.22. The highest BCUT2D eigenvalue weighted by Gasteiger charge is 2.34. The summed E-state index contributed by atoms with van der Waals surface area (Å²) in [6.07, 6.45) is 1.82. The fourth-order valence-corrected chi connectivity index (χ4v) is 6.08. The number of carbonyl (C=O) groups excluding carboxylic acids is 1. The molecular weight excluding hydrogens is 406 g/mol. The maximum Gasteiger partial charge on any atom is 0.259 e. The van der Waals surface area contributed by atoms with Gasteiger partial charge in [-0.25, -0.2) is 13.4 Å². The molecule has 8 heteroatoms. The smallest absolute Gasteiger partial charge is 0.259 e. The highest BCUT2D eigenvalue weighted by molar-refractivity contribution is 8.14. The van der Waals surface area contributed by atoms with Crippen molar-refractivity contribution in [1.82, 2.24) is 4.90 Å². The SMILES string of the molecule is Cc1ccccc1N=C1SCCN1C(=O)c1ccc2c(c1)CC(C)N2S(C)(=O)=O. The molecule has 2 aliphatic rings. The lowest BCUT2D eigenvalue weighted by Crippen LogP contribution is -2.34. The number of hydrogen-bond donors (Lipinski definition) is 0. The van der Waals surface area contributed by atoms with Crippen LogP contribution in [0.3, 0.4) is 0 Å². The Kier molecular flexibility index (Phi) is 5.16. The number of aliphatic imine (C=N–C) groups is 1. The molecule has 152 valence electrons. The number of nitrogens with zero attached hydrogens (tertiary/aromatic N) is 3. The second-order valence-corrected chi connectivity index (χ2v) is 10.4. The summed E-state index contributed by atoms with van der Waals surface area (Å²) < 4.78 is 25.7. The number of aryl methyl sites for hydroxylation is 1. The molecule has 4 rings (SSSR count). The number of rotatable bonds is 3. The Labute approximate surface area is 175 Å². The van der Waals surface area contributed by atoms with E-state index in [0.717, 1.165) is 22.6 Å². The minimum absolute atomic E-state index is 0.101. The highest BCUT2D eigenvalue weighted by Crippen LogP contribution is 2.35. The molecular formula is C21H23N3O3S2. The zero-order valence-electron chi connectivity index (χ0n) is 16.6. The second-order valence-electron chi connectivity index (χ2n) is 7.44. The molecule has 2 aromatic carbocycles. The third kappa shape index (κ3) is 3.79. The molecule has 0 radical (unpaired) electrons. The van der Waals surface area contributed by atoms with Crippen molar-refractivity contribution in [3.8, 4) is 0 Å². The number of thioether (sulfide) groups is 1. The molecule has 0 N–H and O–H groups in total. The van der Waals surface area contributed by atoms with E-state index in [9.17, 15) is 13.2 Å². The zero-order chi connectivity index (χ0) is 20.8. The van der Waals surface area contributed by atoms with Crippen molar-refractivity contribution < 1.29 is 13.2 Å². The Morgan fingerprint density at radius 3 is 2.69 bits per heavy atom. The van der Waals surface area contributed by atoms with Crippen LogP contribution in [0, 0.1) is 6.92 Å². The highest BCUT2D eigenvalue weighted by atomic mass is 32.2. The van der Waals surface area contributed by atoms with E-state index < -0.39 is 10.0 Å². The molecule has 0 saturated carbocycles. The van der Waals surface area contributed by atoms with E-state index >= 15 is 0 Å². The molecule has 1 saturated heterocycles. The number of sulfonamides is 1. The molecule has 0 bridgehead atoms. The predicted octanol–water partition coefficient (Wildman–Crippen LogP) is 3.58. The van der Waals surface area contributed by atoms with Crippen molar-refractivity contribution in [2.75, 3.05) is 22.9 Å². The summed E-state index contributed by atoms with van der Waals surface area (Å²) in [6, 6.07) is 13.0. The van der Waals surface area contributed by atoms with Crippen molar-refractivity contribution >= 4 is 44.2 Å². The van der Waals surface area contributed by atoms with E-state index in [2.05, 4.69) is 0 Å². The average Bonchev–Trinajstić information content (AvgIpc) is 3.25. The van der Waals surface area contributed by atoms with Gasteiger partial charge in [0.1, 0.15) is 0 Å². The minimum Gasteiger partial charge on any atom is -0.286 e. The van der Waals surface area contributed by atoms with Crippen LogP contribution in [0.15, 0.2) is 47.5 Å². The van der Waals surface area contributed by atoms with Gasteiger partial charge in [0, 0.05) is 23.9 Å². The van der Waals surface area contributed by atoms with Crippen LogP contribution in [0.1, 0.15) is 28.4 Å². The molecule has 0 spiro atoms. The maximum atomic E-state index is 13.2. The number of anilines is 1. The third-order valence-electron chi connectivity index (χ3n) is 5.19. The summed E-state index contributed by atoms with van der Waals surface area (Å²) in [4.78, 5) is 19.6. The first-order valence-electron chi connectivity index (χ1n) is 9.47. The van der Waals surface area contributed by atoms with Gasteiger partial charge in [-0.2, -0.15) is 0 Å². The number of fused-ring (bicyclic) bond motifs is 1. The molecule has 29 heavy (non-hydrogen) atoms. The molecule has 1 atom stereocenters. The standard InChI is InChI=1S/C21H23N3O3S2/c1-14-6-4-5-7-18(14)22-21-23(10-11-28-21)20(25)16-8-9-19-17(13-16)12-15(2)24(19)29(3,26)27/h4-9,13,15H,10-12H2,1-3H3.